The first-order valence-corrected chi connectivity index (χ1v) is 6.69. The second-order valence-corrected chi connectivity index (χ2v) is 5.25. The summed E-state index contributed by atoms with van der Waals surface area (Å²) in [5.74, 6) is 1.16. The van der Waals surface area contributed by atoms with Gasteiger partial charge >= 0.3 is 0 Å². The summed E-state index contributed by atoms with van der Waals surface area (Å²) in [7, 11) is 1.55. The van der Waals surface area contributed by atoms with Crippen molar-refractivity contribution in [3.8, 4) is 17.0 Å². The number of hydrogen-bond donors (Lipinski definition) is 0. The molecule has 100 valence electrons. The average Bonchev–Trinajstić information content (AvgIpc) is 2.37. The molecule has 0 atom stereocenters. The van der Waals surface area contributed by atoms with Gasteiger partial charge in [0.1, 0.15) is 22.0 Å². The van der Waals surface area contributed by atoms with Gasteiger partial charge < -0.3 is 4.74 Å². The summed E-state index contributed by atoms with van der Waals surface area (Å²) in [6, 6.07) is 6.12. The Kier molecular flexibility index (Phi) is 4.14. The quantitative estimate of drug-likeness (QED) is 0.794. The number of halogens is 2. The van der Waals surface area contributed by atoms with Crippen LogP contribution in [0.15, 0.2) is 28.9 Å². The highest BCUT2D eigenvalue weighted by atomic mass is 79.9. The minimum Gasteiger partial charge on any atom is -0.496 e. The summed E-state index contributed by atoms with van der Waals surface area (Å²) in [6.45, 7) is 4.02. The molecule has 0 bridgehead atoms. The molecule has 19 heavy (non-hydrogen) atoms. The fourth-order valence-electron chi connectivity index (χ4n) is 1.71. The highest BCUT2D eigenvalue weighted by Gasteiger charge is 2.13. The molecule has 0 radical (unpaired) electrons. The van der Waals surface area contributed by atoms with Crippen molar-refractivity contribution in [1.82, 2.24) is 9.97 Å². The Balaban J connectivity index is 2.61. The molecular weight excluding hydrogens is 311 g/mol. The summed E-state index contributed by atoms with van der Waals surface area (Å²) >= 11 is 3.36. The molecule has 0 aliphatic carbocycles. The summed E-state index contributed by atoms with van der Waals surface area (Å²) in [6.07, 6.45) is 0. The Morgan fingerprint density at radius 2 is 1.95 bits per heavy atom. The molecule has 2 aromatic rings. The Morgan fingerprint density at radius 3 is 2.58 bits per heavy atom. The predicted molar refractivity (Wildman–Crippen MR) is 75.8 cm³/mol. The van der Waals surface area contributed by atoms with Crippen LogP contribution in [0.3, 0.4) is 0 Å². The maximum Gasteiger partial charge on any atom is 0.132 e. The second-order valence-electron chi connectivity index (χ2n) is 4.43. The molecule has 0 spiro atoms. The van der Waals surface area contributed by atoms with Crippen LogP contribution >= 0.6 is 15.9 Å². The van der Waals surface area contributed by atoms with E-state index in [0.717, 1.165) is 0 Å². The van der Waals surface area contributed by atoms with Crippen molar-refractivity contribution in [3.05, 3.63) is 40.5 Å². The zero-order valence-electron chi connectivity index (χ0n) is 10.9. The fourth-order valence-corrected chi connectivity index (χ4v) is 2.11. The molecule has 0 N–H and O–H groups in total. The van der Waals surface area contributed by atoms with E-state index in [2.05, 4.69) is 25.9 Å². The van der Waals surface area contributed by atoms with Crippen molar-refractivity contribution in [3.63, 3.8) is 0 Å². The molecule has 1 heterocycles. The Bertz CT molecular complexity index is 602. The number of ether oxygens (including phenoxy) is 1. The van der Waals surface area contributed by atoms with Gasteiger partial charge in [0.2, 0.25) is 0 Å². The van der Waals surface area contributed by atoms with E-state index in [-0.39, 0.29) is 11.7 Å². The van der Waals surface area contributed by atoms with E-state index in [1.54, 1.807) is 19.2 Å². The third kappa shape index (κ3) is 3.10. The van der Waals surface area contributed by atoms with Crippen molar-refractivity contribution in [2.45, 2.75) is 19.8 Å². The molecule has 1 aromatic heterocycles. The van der Waals surface area contributed by atoms with Crippen LogP contribution in [-0.4, -0.2) is 17.1 Å². The van der Waals surface area contributed by atoms with Crippen LogP contribution < -0.4 is 4.74 Å². The van der Waals surface area contributed by atoms with Gasteiger partial charge in [-0.2, -0.15) is 0 Å². The minimum absolute atomic E-state index is 0.191. The van der Waals surface area contributed by atoms with Crippen LogP contribution in [0.5, 0.6) is 5.75 Å². The summed E-state index contributed by atoms with van der Waals surface area (Å²) in [4.78, 5) is 8.77. The Labute approximate surface area is 120 Å². The molecule has 0 aliphatic heterocycles. The van der Waals surface area contributed by atoms with E-state index in [4.69, 9.17) is 4.74 Å². The van der Waals surface area contributed by atoms with Crippen molar-refractivity contribution in [1.29, 1.82) is 0 Å². The molecule has 0 unspecified atom stereocenters. The second kappa shape index (κ2) is 5.65. The molecule has 1 aromatic carbocycles. The van der Waals surface area contributed by atoms with Crippen LogP contribution in [0.1, 0.15) is 25.6 Å². The lowest BCUT2D eigenvalue weighted by Crippen LogP contribution is -2.00. The number of benzene rings is 1. The number of aromatic nitrogens is 2. The molecule has 0 aliphatic rings. The monoisotopic (exact) mass is 324 g/mol. The summed E-state index contributed by atoms with van der Waals surface area (Å²) in [5.41, 5.74) is 1.26. The topological polar surface area (TPSA) is 35.0 Å². The molecule has 0 saturated carbocycles. The van der Waals surface area contributed by atoms with E-state index < -0.39 is 0 Å². The van der Waals surface area contributed by atoms with Gasteiger partial charge in [0, 0.05) is 11.5 Å². The first-order chi connectivity index (χ1) is 9.01. The molecule has 0 fully saturated rings. The highest BCUT2D eigenvalue weighted by Crippen LogP contribution is 2.31. The van der Waals surface area contributed by atoms with Gasteiger partial charge in [-0.05, 0) is 40.2 Å². The van der Waals surface area contributed by atoms with Gasteiger partial charge in [0.15, 0.2) is 0 Å². The lowest BCUT2D eigenvalue weighted by molar-refractivity contribution is 0.415. The molecular formula is C14H14BrFN2O. The normalized spacial score (nSPS) is 10.8. The predicted octanol–water partition coefficient (Wildman–Crippen LogP) is 4.18. The lowest BCUT2D eigenvalue weighted by Gasteiger charge is -2.11. The van der Waals surface area contributed by atoms with Crippen LogP contribution in [-0.2, 0) is 0 Å². The first kappa shape index (κ1) is 13.9. The third-order valence-electron chi connectivity index (χ3n) is 2.67. The van der Waals surface area contributed by atoms with E-state index in [9.17, 15) is 4.39 Å². The number of hydrogen-bond acceptors (Lipinski definition) is 3. The van der Waals surface area contributed by atoms with Crippen LogP contribution in [0.25, 0.3) is 11.3 Å². The van der Waals surface area contributed by atoms with Gasteiger partial charge in [-0.1, -0.05) is 13.8 Å². The average molecular weight is 325 g/mol. The maximum atomic E-state index is 13.4. The van der Waals surface area contributed by atoms with Crippen LogP contribution in [0.4, 0.5) is 4.39 Å². The van der Waals surface area contributed by atoms with E-state index in [1.165, 1.54) is 12.1 Å². The Hall–Kier alpha value is -1.49. The first-order valence-electron chi connectivity index (χ1n) is 5.89. The number of rotatable bonds is 3. The van der Waals surface area contributed by atoms with Gasteiger partial charge in [-0.15, -0.1) is 0 Å². The van der Waals surface area contributed by atoms with Crippen molar-refractivity contribution in [2.24, 2.45) is 0 Å². The van der Waals surface area contributed by atoms with Crippen LogP contribution in [0, 0.1) is 5.82 Å². The standard InChI is InChI=1S/C14H14BrFN2O/c1-8(2)14-17-11(7-13(15)18-14)10-6-9(16)4-5-12(10)19-3/h4-8H,1-3H3. The maximum absolute atomic E-state index is 13.4. The van der Waals surface area contributed by atoms with Crippen molar-refractivity contribution < 1.29 is 9.13 Å². The van der Waals surface area contributed by atoms with Crippen molar-refractivity contribution in [2.75, 3.05) is 7.11 Å². The fraction of sp³-hybridized carbons (Fsp3) is 0.286. The highest BCUT2D eigenvalue weighted by molar-refractivity contribution is 9.10. The smallest absolute Gasteiger partial charge is 0.132 e. The van der Waals surface area contributed by atoms with Crippen LogP contribution in [0.2, 0.25) is 0 Å². The SMILES string of the molecule is COc1ccc(F)cc1-c1cc(Br)nc(C(C)C)n1. The van der Waals surface area contributed by atoms with Gasteiger partial charge in [-0.3, -0.25) is 0 Å². The molecule has 5 heteroatoms. The number of nitrogens with zero attached hydrogens (tertiary/aromatic N) is 2. The minimum atomic E-state index is -0.323. The summed E-state index contributed by atoms with van der Waals surface area (Å²) in [5, 5.41) is 0. The zero-order chi connectivity index (χ0) is 14.0. The van der Waals surface area contributed by atoms with Gasteiger partial charge in [0.05, 0.1) is 12.8 Å². The van der Waals surface area contributed by atoms with Crippen molar-refractivity contribution >= 4 is 15.9 Å². The molecule has 0 amide bonds. The number of methoxy groups -OCH3 is 1. The van der Waals surface area contributed by atoms with E-state index in [1.807, 2.05) is 13.8 Å². The zero-order valence-corrected chi connectivity index (χ0v) is 12.5. The van der Waals surface area contributed by atoms with E-state index >= 15 is 0 Å². The Morgan fingerprint density at radius 1 is 1.21 bits per heavy atom. The summed E-state index contributed by atoms with van der Waals surface area (Å²) < 4.78 is 19.3. The third-order valence-corrected chi connectivity index (χ3v) is 3.07. The largest absolute Gasteiger partial charge is 0.496 e. The van der Waals surface area contributed by atoms with Gasteiger partial charge in [-0.25, -0.2) is 14.4 Å². The van der Waals surface area contributed by atoms with Gasteiger partial charge in [0.25, 0.3) is 0 Å². The van der Waals surface area contributed by atoms with E-state index in [0.29, 0.717) is 27.4 Å². The molecule has 0 saturated heterocycles. The lowest BCUT2D eigenvalue weighted by atomic mass is 10.1. The molecule has 3 nitrogen and oxygen atoms in total. The molecule has 2 rings (SSSR count).